The van der Waals surface area contributed by atoms with Crippen molar-refractivity contribution >= 4 is 6.09 Å². The average Bonchev–Trinajstić information content (AvgIpc) is 2.86. The summed E-state index contributed by atoms with van der Waals surface area (Å²) >= 11 is 0. The van der Waals surface area contributed by atoms with E-state index in [0.29, 0.717) is 18.3 Å². The number of piperidine rings is 3. The van der Waals surface area contributed by atoms with Crippen LogP contribution in [-0.2, 0) is 4.74 Å². The maximum atomic E-state index is 13.0. The molecule has 0 aliphatic carbocycles. The van der Waals surface area contributed by atoms with Gasteiger partial charge in [-0.1, -0.05) is 26.0 Å². The lowest BCUT2D eigenvalue weighted by atomic mass is 9.78. The van der Waals surface area contributed by atoms with Crippen molar-refractivity contribution in [2.75, 3.05) is 40.5 Å². The van der Waals surface area contributed by atoms with Crippen molar-refractivity contribution in [2.24, 2.45) is 11.3 Å². The molecule has 182 valence electrons. The van der Waals surface area contributed by atoms with Crippen LogP contribution in [0.3, 0.4) is 0 Å². The molecule has 0 saturated carbocycles. The number of benzene rings is 2. The molecule has 4 aliphatic rings. The highest BCUT2D eigenvalue weighted by Gasteiger charge is 2.41. The average molecular weight is 467 g/mol. The Morgan fingerprint density at radius 1 is 1.12 bits per heavy atom. The summed E-state index contributed by atoms with van der Waals surface area (Å²) in [4.78, 5) is 15.4. The third kappa shape index (κ3) is 4.29. The molecule has 7 heteroatoms. The van der Waals surface area contributed by atoms with Crippen molar-refractivity contribution in [1.82, 2.24) is 10.2 Å². The molecule has 2 aromatic carbocycles. The van der Waals surface area contributed by atoms with Crippen LogP contribution in [0.25, 0.3) is 11.1 Å². The lowest BCUT2D eigenvalue weighted by Crippen LogP contribution is -2.53. The number of fused-ring (bicyclic) bond motifs is 4. The molecule has 2 atom stereocenters. The van der Waals surface area contributed by atoms with Crippen LogP contribution in [0.5, 0.6) is 17.2 Å². The van der Waals surface area contributed by atoms with Crippen LogP contribution in [0.4, 0.5) is 4.79 Å². The van der Waals surface area contributed by atoms with Gasteiger partial charge in [0.2, 0.25) is 0 Å². The minimum absolute atomic E-state index is 0.0325. The first-order valence-corrected chi connectivity index (χ1v) is 12.1. The summed E-state index contributed by atoms with van der Waals surface area (Å²) in [6, 6.07) is 11.5. The molecule has 2 aromatic rings. The largest absolute Gasteiger partial charge is 0.497 e. The second-order valence-electron chi connectivity index (χ2n) is 10.3. The number of ether oxygens (including phenoxy) is 4. The van der Waals surface area contributed by atoms with E-state index in [9.17, 15) is 4.79 Å². The van der Waals surface area contributed by atoms with Crippen LogP contribution in [0.15, 0.2) is 36.4 Å². The summed E-state index contributed by atoms with van der Waals surface area (Å²) in [5.41, 5.74) is 2.46. The van der Waals surface area contributed by atoms with Crippen LogP contribution in [-0.4, -0.2) is 57.6 Å². The molecule has 1 N–H and O–H groups in total. The van der Waals surface area contributed by atoms with Crippen molar-refractivity contribution < 1.29 is 23.7 Å². The Morgan fingerprint density at radius 3 is 2.59 bits per heavy atom. The van der Waals surface area contributed by atoms with Gasteiger partial charge in [-0.2, -0.15) is 0 Å². The van der Waals surface area contributed by atoms with Crippen molar-refractivity contribution in [2.45, 2.75) is 38.8 Å². The van der Waals surface area contributed by atoms with E-state index < -0.39 is 0 Å². The first-order chi connectivity index (χ1) is 16.4. The molecule has 1 amide bonds. The molecule has 4 aliphatic heterocycles. The van der Waals surface area contributed by atoms with Crippen molar-refractivity contribution in [1.29, 1.82) is 0 Å². The smallest absolute Gasteiger partial charge is 0.407 e. The van der Waals surface area contributed by atoms with E-state index in [2.05, 4.69) is 24.1 Å². The number of carbonyl (C=O) groups is 1. The molecule has 0 spiro atoms. The number of amides is 1. The summed E-state index contributed by atoms with van der Waals surface area (Å²) < 4.78 is 23.3. The topological polar surface area (TPSA) is 69.3 Å². The Balaban J connectivity index is 1.42. The van der Waals surface area contributed by atoms with Crippen LogP contribution >= 0.6 is 0 Å². The fraction of sp³-hybridized carbons (Fsp3) is 0.519. The normalized spacial score (nSPS) is 26.7. The summed E-state index contributed by atoms with van der Waals surface area (Å²) in [6.07, 6.45) is 1.82. The van der Waals surface area contributed by atoms with Gasteiger partial charge in [0.15, 0.2) is 0 Å². The van der Waals surface area contributed by atoms with E-state index in [1.54, 1.807) is 14.2 Å². The zero-order valence-corrected chi connectivity index (χ0v) is 20.4. The third-order valence-electron chi connectivity index (χ3n) is 7.52. The van der Waals surface area contributed by atoms with Gasteiger partial charge in [-0.15, -0.1) is 0 Å². The predicted molar refractivity (Wildman–Crippen MR) is 130 cm³/mol. The summed E-state index contributed by atoms with van der Waals surface area (Å²) in [5.74, 6) is 2.70. The van der Waals surface area contributed by atoms with Gasteiger partial charge in [0.1, 0.15) is 23.4 Å². The van der Waals surface area contributed by atoms with Gasteiger partial charge < -0.3 is 24.3 Å². The van der Waals surface area contributed by atoms with Crippen molar-refractivity contribution in [3.63, 3.8) is 0 Å². The number of nitrogens with one attached hydrogen (secondary N) is 1. The van der Waals surface area contributed by atoms with Gasteiger partial charge in [0.25, 0.3) is 0 Å². The molecule has 3 fully saturated rings. The van der Waals surface area contributed by atoms with E-state index in [4.69, 9.17) is 18.9 Å². The Hall–Kier alpha value is -2.93. The molecule has 34 heavy (non-hydrogen) atoms. The minimum atomic E-state index is -0.361. The van der Waals surface area contributed by atoms with Gasteiger partial charge in [-0.3, -0.25) is 4.90 Å². The highest BCUT2D eigenvalue weighted by Crippen LogP contribution is 2.47. The van der Waals surface area contributed by atoms with Gasteiger partial charge >= 0.3 is 6.09 Å². The number of alkyl carbamates (subject to hydrolysis) is 1. The number of hydrogen-bond acceptors (Lipinski definition) is 6. The second kappa shape index (κ2) is 9.02. The number of nitrogens with zero attached hydrogens (tertiary/aromatic N) is 1. The highest BCUT2D eigenvalue weighted by atomic mass is 16.6. The first-order valence-electron chi connectivity index (χ1n) is 12.1. The summed E-state index contributed by atoms with van der Waals surface area (Å²) in [5, 5.41) is 3.17. The number of hydrogen-bond donors (Lipinski definition) is 1. The minimum Gasteiger partial charge on any atom is -0.497 e. The Bertz CT molecular complexity index is 1060. The zero-order chi connectivity index (χ0) is 23.9. The molecule has 3 saturated heterocycles. The standard InChI is InChI=1S/C27H34N2O5/c1-27(2)16-33-23-13-20(18-6-5-7-19(12-18)31-3)22(32-4)14-21(23)25(27)28-26(30)34-24-15-29-10-8-17(24)9-11-29/h5-7,12-14,17,24-25H,8-11,15-16H2,1-4H3,(H,28,30)/t24-,25?/m0/s1. The van der Waals surface area contributed by atoms with Gasteiger partial charge in [0, 0.05) is 23.1 Å². The fourth-order valence-corrected chi connectivity index (χ4v) is 5.49. The van der Waals surface area contributed by atoms with E-state index in [0.717, 1.165) is 60.7 Å². The molecule has 2 bridgehead atoms. The van der Waals surface area contributed by atoms with E-state index in [1.807, 2.05) is 36.4 Å². The van der Waals surface area contributed by atoms with Crippen LogP contribution < -0.4 is 19.5 Å². The molecule has 0 aromatic heterocycles. The van der Waals surface area contributed by atoms with Crippen molar-refractivity contribution in [3.05, 3.63) is 42.0 Å². The summed E-state index contributed by atoms with van der Waals surface area (Å²) in [7, 11) is 3.31. The van der Waals surface area contributed by atoms with Crippen LogP contribution in [0, 0.1) is 11.3 Å². The van der Waals surface area contributed by atoms with Gasteiger partial charge in [0.05, 0.1) is 26.9 Å². The Morgan fingerprint density at radius 2 is 1.91 bits per heavy atom. The maximum absolute atomic E-state index is 13.0. The molecule has 6 rings (SSSR count). The summed E-state index contributed by atoms with van der Waals surface area (Å²) in [6.45, 7) is 7.73. The van der Waals surface area contributed by atoms with E-state index in [-0.39, 0.29) is 23.7 Å². The number of methoxy groups -OCH3 is 2. The van der Waals surface area contributed by atoms with Gasteiger partial charge in [-0.05, 0) is 61.7 Å². The predicted octanol–water partition coefficient (Wildman–Crippen LogP) is 4.65. The maximum Gasteiger partial charge on any atom is 0.407 e. The zero-order valence-electron chi connectivity index (χ0n) is 20.4. The SMILES string of the molecule is COc1cccc(-c2cc3c(cc2OC)C(NC(=O)O[C@H]2CN4CCC2CC4)C(C)(C)CO3)c1. The number of rotatable bonds is 5. The molecule has 4 heterocycles. The molecular formula is C27H34N2O5. The number of carbonyl (C=O) groups excluding carboxylic acids is 1. The van der Waals surface area contributed by atoms with E-state index >= 15 is 0 Å². The monoisotopic (exact) mass is 466 g/mol. The molecule has 0 radical (unpaired) electrons. The molecule has 1 unspecified atom stereocenters. The van der Waals surface area contributed by atoms with Crippen LogP contribution in [0.1, 0.15) is 38.3 Å². The molecular weight excluding hydrogens is 432 g/mol. The Labute approximate surface area is 201 Å². The lowest BCUT2D eigenvalue weighted by molar-refractivity contribution is -0.0361. The Kier molecular flexibility index (Phi) is 6.06. The lowest BCUT2D eigenvalue weighted by Gasteiger charge is -2.44. The second-order valence-corrected chi connectivity index (χ2v) is 10.3. The first kappa shape index (κ1) is 22.8. The van der Waals surface area contributed by atoms with Gasteiger partial charge in [-0.25, -0.2) is 4.79 Å². The molecule has 7 nitrogen and oxygen atoms in total. The quantitative estimate of drug-likeness (QED) is 0.692. The van der Waals surface area contributed by atoms with Crippen LogP contribution in [0.2, 0.25) is 0 Å². The van der Waals surface area contributed by atoms with E-state index in [1.165, 1.54) is 0 Å². The third-order valence-corrected chi connectivity index (χ3v) is 7.52. The van der Waals surface area contributed by atoms with Crippen molar-refractivity contribution in [3.8, 4) is 28.4 Å². The fourth-order valence-electron chi connectivity index (χ4n) is 5.49. The highest BCUT2D eigenvalue weighted by molar-refractivity contribution is 5.75.